The molecule has 2 N–H and O–H groups in total. The number of hydrogen-bond acceptors (Lipinski definition) is 4. The molecule has 162 valence electrons. The molecule has 0 atom stereocenters. The van der Waals surface area contributed by atoms with E-state index in [0.29, 0.717) is 27.4 Å². The molecule has 4 rings (SSSR count). The van der Waals surface area contributed by atoms with Crippen molar-refractivity contribution in [2.75, 3.05) is 11.1 Å². The van der Waals surface area contributed by atoms with Gasteiger partial charge in [-0.1, -0.05) is 47.2 Å². The second kappa shape index (κ2) is 9.36. The predicted molar refractivity (Wildman–Crippen MR) is 130 cm³/mol. The molecule has 9 heteroatoms. The van der Waals surface area contributed by atoms with E-state index in [1.807, 2.05) is 6.92 Å². The molecule has 2 heterocycles. The van der Waals surface area contributed by atoms with E-state index >= 15 is 0 Å². The van der Waals surface area contributed by atoms with Crippen molar-refractivity contribution in [2.24, 2.45) is 0 Å². The van der Waals surface area contributed by atoms with Crippen LogP contribution in [0.2, 0.25) is 10.0 Å². The summed E-state index contributed by atoms with van der Waals surface area (Å²) in [7, 11) is 0. The van der Waals surface area contributed by atoms with Crippen LogP contribution in [0.5, 0.6) is 0 Å². The molecule has 0 spiro atoms. The van der Waals surface area contributed by atoms with E-state index < -0.39 is 0 Å². The van der Waals surface area contributed by atoms with Crippen LogP contribution in [0.25, 0.3) is 10.2 Å². The Morgan fingerprint density at radius 3 is 2.71 bits per heavy atom. The van der Waals surface area contributed by atoms with E-state index in [-0.39, 0.29) is 17.2 Å². The topological polar surface area (TPSA) is 65.2 Å². The molecule has 0 radical (unpaired) electrons. The molecule has 5 nitrogen and oxygen atoms in total. The number of thioether (sulfide) groups is 1. The average Bonchev–Trinajstić information content (AvgIpc) is 3.10. The Hall–Kier alpha value is -1.80. The van der Waals surface area contributed by atoms with Crippen LogP contribution in [0.1, 0.15) is 30.2 Å². The Balaban J connectivity index is 1.64. The van der Waals surface area contributed by atoms with Crippen LogP contribution in [0.4, 0.5) is 5.69 Å². The van der Waals surface area contributed by atoms with Crippen LogP contribution in [0, 0.1) is 0 Å². The highest BCUT2D eigenvalue weighted by molar-refractivity contribution is 7.99. The van der Waals surface area contributed by atoms with Crippen molar-refractivity contribution in [1.82, 2.24) is 4.57 Å². The number of fused-ring (bicyclic) bond motifs is 3. The van der Waals surface area contributed by atoms with Crippen LogP contribution in [-0.4, -0.2) is 16.2 Å². The number of nitrogens with one attached hydrogen (secondary N) is 2. The van der Waals surface area contributed by atoms with Gasteiger partial charge < -0.3 is 5.32 Å². The molecule has 0 bridgehead atoms. The summed E-state index contributed by atoms with van der Waals surface area (Å²) in [6.07, 6.45) is 4.23. The molecule has 1 aromatic carbocycles. The number of nitrogens with zero attached hydrogens (tertiary/aromatic N) is 1. The zero-order valence-electron chi connectivity index (χ0n) is 17.0. The van der Waals surface area contributed by atoms with Gasteiger partial charge in [0.1, 0.15) is 11.9 Å². The number of allylic oxidation sites excluding steroid dienone is 1. The normalized spacial score (nSPS) is 13.3. The maximum atomic E-state index is 13.4. The molecule has 1 amide bonds. The van der Waals surface area contributed by atoms with Crippen LogP contribution in [-0.2, 0) is 24.2 Å². The standard InChI is InChI=1S/C22H21Cl2N3O2S2/c1-12(2)10-27-21(29)18-13-6-3-4-9-16(13)31-20(18)26-22(27)30-11-17(28)25-19-14(23)7-5-8-15(19)24/h5,7-8H,1,3-4,6,9-11H2,2H3,(H,25,28)/p+1. The number of aryl methyl sites for hydroxylation is 2. The number of carbonyl (C=O) groups excluding carboxylic acids is 1. The van der Waals surface area contributed by atoms with Crippen LogP contribution < -0.4 is 15.9 Å². The van der Waals surface area contributed by atoms with Gasteiger partial charge in [-0.3, -0.25) is 4.79 Å². The molecule has 0 fully saturated rings. The van der Waals surface area contributed by atoms with Gasteiger partial charge in [-0.15, -0.1) is 0 Å². The predicted octanol–water partition coefficient (Wildman–Crippen LogP) is 5.37. The lowest BCUT2D eigenvalue weighted by Gasteiger charge is -2.10. The monoisotopic (exact) mass is 494 g/mol. The minimum absolute atomic E-state index is 0.0202. The number of H-pyrrole nitrogens is 1. The fraction of sp³-hybridized carbons (Fsp3) is 0.318. The van der Waals surface area contributed by atoms with Crippen molar-refractivity contribution in [3.63, 3.8) is 0 Å². The summed E-state index contributed by atoms with van der Waals surface area (Å²) in [5.74, 6) is -0.155. The first-order chi connectivity index (χ1) is 14.8. The molecular formula is C22H22Cl2N3O2S2+. The van der Waals surface area contributed by atoms with Crippen molar-refractivity contribution in [3.8, 4) is 0 Å². The minimum Gasteiger partial charge on any atom is -0.323 e. The summed E-state index contributed by atoms with van der Waals surface area (Å²) in [5.41, 5.74) is 2.42. The Morgan fingerprint density at radius 2 is 2.00 bits per heavy atom. The third kappa shape index (κ3) is 4.70. The Kier molecular flexibility index (Phi) is 6.77. The van der Waals surface area contributed by atoms with E-state index in [9.17, 15) is 9.59 Å². The van der Waals surface area contributed by atoms with Gasteiger partial charge >= 0.3 is 10.7 Å². The zero-order chi connectivity index (χ0) is 22.1. The van der Waals surface area contributed by atoms with Crippen LogP contribution >= 0.6 is 46.3 Å². The van der Waals surface area contributed by atoms with Gasteiger partial charge in [0, 0.05) is 4.88 Å². The lowest BCUT2D eigenvalue weighted by molar-refractivity contribution is -0.404. The molecule has 0 saturated carbocycles. The van der Waals surface area contributed by atoms with E-state index in [0.717, 1.165) is 41.5 Å². The average molecular weight is 495 g/mol. The fourth-order valence-corrected chi connectivity index (χ4v) is 6.38. The first-order valence-electron chi connectivity index (χ1n) is 9.96. The van der Waals surface area contributed by atoms with Gasteiger partial charge in [0.15, 0.2) is 4.83 Å². The quantitative estimate of drug-likeness (QED) is 0.284. The number of carbonyl (C=O) groups is 1. The number of aromatic amines is 1. The summed E-state index contributed by atoms with van der Waals surface area (Å²) >= 11 is 15.2. The largest absolute Gasteiger partial charge is 0.347 e. The van der Waals surface area contributed by atoms with Crippen molar-refractivity contribution < 1.29 is 9.78 Å². The maximum Gasteiger partial charge on any atom is 0.347 e. The van der Waals surface area contributed by atoms with Crippen LogP contribution in [0.3, 0.4) is 0 Å². The third-order valence-corrected chi connectivity index (χ3v) is 7.93. The Labute approximate surface area is 198 Å². The summed E-state index contributed by atoms with van der Waals surface area (Å²) in [4.78, 5) is 31.6. The first kappa shape index (κ1) is 22.4. The summed E-state index contributed by atoms with van der Waals surface area (Å²) in [6, 6.07) is 5.05. The molecule has 1 aliphatic rings. The Morgan fingerprint density at radius 1 is 1.29 bits per heavy atom. The maximum absolute atomic E-state index is 13.4. The lowest BCUT2D eigenvalue weighted by Crippen LogP contribution is -2.31. The summed E-state index contributed by atoms with van der Waals surface area (Å²) in [6.45, 7) is 6.26. The highest BCUT2D eigenvalue weighted by Crippen LogP contribution is 2.33. The fourth-order valence-electron chi connectivity index (χ4n) is 3.73. The van der Waals surface area contributed by atoms with Gasteiger partial charge in [-0.25, -0.2) is 9.78 Å². The second-order valence-corrected chi connectivity index (χ2v) is 10.5. The number of hydrogen-bond donors (Lipinski definition) is 1. The number of aromatic nitrogens is 2. The number of amides is 1. The number of benzene rings is 1. The highest BCUT2D eigenvalue weighted by atomic mass is 35.5. The van der Waals surface area contributed by atoms with Crippen molar-refractivity contribution in [2.45, 2.75) is 44.3 Å². The number of rotatable bonds is 6. The number of para-hydroxylation sites is 1. The second-order valence-electron chi connectivity index (χ2n) is 7.63. The first-order valence-corrected chi connectivity index (χ1v) is 12.5. The lowest BCUT2D eigenvalue weighted by atomic mass is 9.97. The minimum atomic E-state index is -0.256. The van der Waals surface area contributed by atoms with E-state index in [1.165, 1.54) is 22.2 Å². The third-order valence-electron chi connectivity index (χ3n) is 5.09. The Bertz CT molecular complexity index is 1230. The van der Waals surface area contributed by atoms with Crippen molar-refractivity contribution in [3.05, 3.63) is 61.2 Å². The van der Waals surface area contributed by atoms with Gasteiger partial charge in [-0.05, 0) is 67.6 Å². The molecule has 0 saturated heterocycles. The summed E-state index contributed by atoms with van der Waals surface area (Å²) in [5, 5.41) is 4.94. The van der Waals surface area contributed by atoms with Crippen LogP contribution in [0.15, 0.2) is 40.3 Å². The number of anilines is 1. The SMILES string of the molecule is C=C(C)Cn1c(SCC(=O)Nc2c(Cl)cccc2Cl)[nH+]c2sc3c(c2c1=O)CCCC3. The number of thiophene rings is 1. The number of halogens is 2. The highest BCUT2D eigenvalue weighted by Gasteiger charge is 2.27. The molecule has 1 aliphatic carbocycles. The van der Waals surface area contributed by atoms with Gasteiger partial charge in [0.25, 0.3) is 0 Å². The van der Waals surface area contributed by atoms with Gasteiger partial charge in [0.2, 0.25) is 5.91 Å². The van der Waals surface area contributed by atoms with E-state index in [1.54, 1.807) is 34.1 Å². The zero-order valence-corrected chi connectivity index (χ0v) is 20.2. The van der Waals surface area contributed by atoms with Crippen molar-refractivity contribution in [1.29, 1.82) is 0 Å². The van der Waals surface area contributed by atoms with E-state index in [4.69, 9.17) is 23.2 Å². The van der Waals surface area contributed by atoms with Gasteiger partial charge in [0.05, 0.1) is 21.5 Å². The van der Waals surface area contributed by atoms with Crippen molar-refractivity contribution >= 4 is 68.1 Å². The van der Waals surface area contributed by atoms with E-state index in [2.05, 4.69) is 16.9 Å². The molecular weight excluding hydrogens is 473 g/mol. The smallest absolute Gasteiger partial charge is 0.323 e. The molecule has 3 aromatic rings. The molecule has 31 heavy (non-hydrogen) atoms. The molecule has 0 aliphatic heterocycles. The molecule has 2 aromatic heterocycles. The summed E-state index contributed by atoms with van der Waals surface area (Å²) < 4.78 is 1.69. The molecule has 0 unspecified atom stereocenters. The van der Waals surface area contributed by atoms with Gasteiger partial charge in [-0.2, -0.15) is 4.57 Å².